The van der Waals surface area contributed by atoms with Gasteiger partial charge < -0.3 is 14.8 Å². The zero-order chi connectivity index (χ0) is 18.7. The molecule has 1 saturated heterocycles. The number of nitrogens with one attached hydrogen (secondary N) is 2. The van der Waals surface area contributed by atoms with Crippen molar-refractivity contribution < 1.29 is 27.2 Å². The summed E-state index contributed by atoms with van der Waals surface area (Å²) in [7, 11) is -1.57. The van der Waals surface area contributed by atoms with E-state index in [0.717, 1.165) is 26.1 Å². The van der Waals surface area contributed by atoms with Crippen molar-refractivity contribution in [3.8, 4) is 5.75 Å². The van der Waals surface area contributed by atoms with Crippen LogP contribution in [0.4, 0.5) is 10.1 Å². The molecule has 140 valence electrons. The fourth-order valence-corrected chi connectivity index (χ4v) is 3.99. The van der Waals surface area contributed by atoms with Gasteiger partial charge in [-0.15, -0.1) is 0 Å². The van der Waals surface area contributed by atoms with Crippen molar-refractivity contribution in [2.24, 2.45) is 0 Å². The van der Waals surface area contributed by atoms with Gasteiger partial charge in [-0.25, -0.2) is 17.5 Å². The zero-order valence-electron chi connectivity index (χ0n) is 13.9. The highest BCUT2D eigenvalue weighted by atomic mass is 32.2. The van der Waals surface area contributed by atoms with E-state index in [-0.39, 0.29) is 6.54 Å². The third-order valence-corrected chi connectivity index (χ3v) is 5.44. The van der Waals surface area contributed by atoms with Gasteiger partial charge in [-0.3, -0.25) is 10.1 Å². The zero-order valence-corrected chi connectivity index (χ0v) is 14.7. The Hall–Kier alpha value is -1.82. The quantitative estimate of drug-likeness (QED) is 0.508. The first-order chi connectivity index (χ1) is 11.7. The fourth-order valence-electron chi connectivity index (χ4n) is 2.83. The van der Waals surface area contributed by atoms with E-state index in [2.05, 4.69) is 14.8 Å². The first-order valence-electron chi connectivity index (χ1n) is 7.50. The number of hydrogen-bond donors (Lipinski definition) is 2. The highest BCUT2D eigenvalue weighted by molar-refractivity contribution is 7.89. The van der Waals surface area contributed by atoms with Gasteiger partial charge in [-0.05, 0) is 25.5 Å². The molecule has 1 fully saturated rings. The number of rotatable bonds is 8. The van der Waals surface area contributed by atoms with E-state index in [0.29, 0.717) is 19.1 Å². The normalized spacial score (nSPS) is 20.6. The van der Waals surface area contributed by atoms with E-state index in [4.69, 9.17) is 4.74 Å². The lowest BCUT2D eigenvalue weighted by Crippen LogP contribution is -2.52. The molecule has 2 rings (SSSR count). The van der Waals surface area contributed by atoms with Crippen molar-refractivity contribution in [2.45, 2.75) is 23.3 Å². The lowest BCUT2D eigenvalue weighted by Gasteiger charge is -2.28. The Bertz CT molecular complexity index is 749. The summed E-state index contributed by atoms with van der Waals surface area (Å²) in [5.74, 6) is -1.74. The lowest BCUT2D eigenvalue weighted by atomic mass is 9.99. The first-order valence-corrected chi connectivity index (χ1v) is 8.98. The van der Waals surface area contributed by atoms with E-state index in [1.54, 1.807) is 0 Å². The summed E-state index contributed by atoms with van der Waals surface area (Å²) in [6, 6.07) is 1.47. The number of hydrogen-bond acceptors (Lipinski definition) is 7. The van der Waals surface area contributed by atoms with Crippen LogP contribution in [-0.4, -0.2) is 52.8 Å². The van der Waals surface area contributed by atoms with E-state index >= 15 is 0 Å². The van der Waals surface area contributed by atoms with Crippen LogP contribution in [0, 0.1) is 15.9 Å². The maximum Gasteiger partial charge on any atom is 0.315 e. The van der Waals surface area contributed by atoms with Crippen LogP contribution >= 0.6 is 0 Å². The maximum atomic E-state index is 14.0. The Morgan fingerprint density at radius 2 is 2.16 bits per heavy atom. The van der Waals surface area contributed by atoms with Gasteiger partial charge in [-0.1, -0.05) is 0 Å². The molecule has 0 saturated carbocycles. The molecule has 0 spiro atoms. The summed E-state index contributed by atoms with van der Waals surface area (Å²) in [6.07, 6.45) is 1.58. The largest absolute Gasteiger partial charge is 0.488 e. The molecule has 1 unspecified atom stereocenters. The van der Waals surface area contributed by atoms with Crippen molar-refractivity contribution in [2.75, 3.05) is 33.9 Å². The standard InChI is InChI=1S/C14H20FN3O6S/c1-23-9-14(4-3-5-16-14)8-17-25(21,22)10-6-11(15)13(24-2)12(7-10)18(19)20/h6-7,16-17H,3-5,8-9H2,1-2H3. The second-order valence-electron chi connectivity index (χ2n) is 5.78. The molecule has 0 bridgehead atoms. The molecule has 11 heteroatoms. The van der Waals surface area contributed by atoms with Crippen molar-refractivity contribution in [3.05, 3.63) is 28.1 Å². The molecule has 1 aromatic rings. The minimum atomic E-state index is -4.15. The summed E-state index contributed by atoms with van der Waals surface area (Å²) < 4.78 is 51.0. The summed E-state index contributed by atoms with van der Waals surface area (Å²) in [4.78, 5) is 9.60. The van der Waals surface area contributed by atoms with Crippen LogP contribution in [0.1, 0.15) is 12.8 Å². The van der Waals surface area contributed by atoms with Crippen molar-refractivity contribution in [1.82, 2.24) is 10.0 Å². The van der Waals surface area contributed by atoms with Gasteiger partial charge in [0.2, 0.25) is 15.8 Å². The third-order valence-electron chi connectivity index (χ3n) is 4.06. The number of nitrogens with zero attached hydrogens (tertiary/aromatic N) is 1. The van der Waals surface area contributed by atoms with Gasteiger partial charge in [-0.2, -0.15) is 0 Å². The predicted octanol–water partition coefficient (Wildman–Crippen LogP) is 0.789. The first kappa shape index (κ1) is 19.5. The van der Waals surface area contributed by atoms with Crippen LogP contribution in [0.2, 0.25) is 0 Å². The molecular formula is C14H20FN3O6S. The summed E-state index contributed by atoms with van der Waals surface area (Å²) in [6.45, 7) is 1.05. The number of methoxy groups -OCH3 is 2. The molecule has 1 aliphatic heterocycles. The highest BCUT2D eigenvalue weighted by Crippen LogP contribution is 2.32. The second-order valence-corrected chi connectivity index (χ2v) is 7.55. The molecule has 25 heavy (non-hydrogen) atoms. The van der Waals surface area contributed by atoms with Crippen molar-refractivity contribution >= 4 is 15.7 Å². The molecule has 0 amide bonds. The minimum absolute atomic E-state index is 0.0185. The van der Waals surface area contributed by atoms with Crippen LogP contribution in [0.15, 0.2) is 17.0 Å². The Morgan fingerprint density at radius 1 is 1.44 bits per heavy atom. The van der Waals surface area contributed by atoms with E-state index < -0.39 is 42.6 Å². The van der Waals surface area contributed by atoms with Crippen molar-refractivity contribution in [3.63, 3.8) is 0 Å². The van der Waals surface area contributed by atoms with Gasteiger partial charge in [0, 0.05) is 19.7 Å². The van der Waals surface area contributed by atoms with Crippen molar-refractivity contribution in [1.29, 1.82) is 0 Å². The number of sulfonamides is 1. The summed E-state index contributed by atoms with van der Waals surface area (Å²) in [5, 5.41) is 14.2. The Morgan fingerprint density at radius 3 is 2.68 bits per heavy atom. The number of ether oxygens (including phenoxy) is 2. The van der Waals surface area contributed by atoms with Crippen LogP contribution < -0.4 is 14.8 Å². The average molecular weight is 377 g/mol. The SMILES string of the molecule is COCC1(CNS(=O)(=O)c2cc(F)c(OC)c([N+](=O)[O-])c2)CCCN1. The fraction of sp³-hybridized carbons (Fsp3) is 0.571. The van der Waals surface area contributed by atoms with Gasteiger partial charge in [0.25, 0.3) is 0 Å². The number of nitro groups is 1. The predicted molar refractivity (Wildman–Crippen MR) is 86.6 cm³/mol. The summed E-state index contributed by atoms with van der Waals surface area (Å²) in [5.41, 5.74) is -1.31. The molecule has 0 aromatic heterocycles. The molecular weight excluding hydrogens is 357 g/mol. The van der Waals surface area contributed by atoms with Gasteiger partial charge in [0.05, 0.1) is 29.1 Å². The Labute approximate surface area is 144 Å². The number of halogens is 1. The highest BCUT2D eigenvalue weighted by Gasteiger charge is 2.35. The Kier molecular flexibility index (Phi) is 5.93. The Balaban J connectivity index is 2.29. The topological polar surface area (TPSA) is 120 Å². The van der Waals surface area contributed by atoms with Crippen LogP contribution in [-0.2, 0) is 14.8 Å². The van der Waals surface area contributed by atoms with E-state index in [9.17, 15) is 22.9 Å². The molecule has 1 atom stereocenters. The number of benzene rings is 1. The monoisotopic (exact) mass is 377 g/mol. The molecule has 0 radical (unpaired) electrons. The van der Waals surface area contributed by atoms with Gasteiger partial charge >= 0.3 is 5.69 Å². The lowest BCUT2D eigenvalue weighted by molar-refractivity contribution is -0.386. The molecule has 2 N–H and O–H groups in total. The average Bonchev–Trinajstić information content (AvgIpc) is 3.01. The summed E-state index contributed by atoms with van der Waals surface area (Å²) >= 11 is 0. The van der Waals surface area contributed by atoms with Gasteiger partial charge in [0.1, 0.15) is 0 Å². The molecule has 1 aliphatic rings. The molecule has 1 heterocycles. The maximum absolute atomic E-state index is 14.0. The third kappa shape index (κ3) is 4.24. The molecule has 1 aromatic carbocycles. The van der Waals surface area contributed by atoms with Crippen LogP contribution in [0.5, 0.6) is 5.75 Å². The van der Waals surface area contributed by atoms with E-state index in [1.807, 2.05) is 0 Å². The second kappa shape index (κ2) is 7.60. The van der Waals surface area contributed by atoms with E-state index in [1.165, 1.54) is 7.11 Å². The van der Waals surface area contributed by atoms with Gasteiger partial charge in [0.15, 0.2) is 5.82 Å². The smallest absolute Gasteiger partial charge is 0.315 e. The minimum Gasteiger partial charge on any atom is -0.488 e. The van der Waals surface area contributed by atoms with Crippen LogP contribution in [0.3, 0.4) is 0 Å². The molecule has 9 nitrogen and oxygen atoms in total. The number of nitro benzene ring substituents is 1. The van der Waals surface area contributed by atoms with Crippen LogP contribution in [0.25, 0.3) is 0 Å². The molecule has 0 aliphatic carbocycles.